The molecule has 2 N–H and O–H groups in total. The van der Waals surface area contributed by atoms with Crippen LogP contribution >= 0.6 is 11.6 Å². The maximum Gasteiger partial charge on any atom is 0.321 e. The van der Waals surface area contributed by atoms with E-state index >= 15 is 0 Å². The van der Waals surface area contributed by atoms with Crippen molar-refractivity contribution in [2.45, 2.75) is 38.0 Å². The molecule has 0 spiro atoms. The Hall–Kier alpha value is -1.11. The van der Waals surface area contributed by atoms with Crippen LogP contribution in [0.4, 0.5) is 0 Å². The number of hydrogen-bond acceptors (Lipinski definition) is 3. The van der Waals surface area contributed by atoms with E-state index in [0.29, 0.717) is 17.0 Å². The van der Waals surface area contributed by atoms with E-state index in [1.807, 2.05) is 6.92 Å². The van der Waals surface area contributed by atoms with Crippen LogP contribution in [0.5, 0.6) is 0 Å². The zero-order valence-electron chi connectivity index (χ0n) is 11.2. The molecular formula is C13H18ClNO4S. The maximum absolute atomic E-state index is 12.0. The van der Waals surface area contributed by atoms with Crippen molar-refractivity contribution in [1.29, 1.82) is 0 Å². The van der Waals surface area contributed by atoms with Gasteiger partial charge in [0.15, 0.2) is 0 Å². The number of aliphatic carboxylic acids is 1. The highest BCUT2D eigenvalue weighted by atomic mass is 35.5. The van der Waals surface area contributed by atoms with Gasteiger partial charge in [-0.1, -0.05) is 49.6 Å². The summed E-state index contributed by atoms with van der Waals surface area (Å²) in [5.41, 5.74) is 0.446. The molecule has 1 atom stereocenters. The van der Waals surface area contributed by atoms with Crippen LogP contribution in [0.25, 0.3) is 0 Å². The summed E-state index contributed by atoms with van der Waals surface area (Å²) in [4.78, 5) is 11.0. The summed E-state index contributed by atoms with van der Waals surface area (Å²) in [6.45, 7) is 1.91. The molecule has 0 aliphatic rings. The van der Waals surface area contributed by atoms with E-state index in [1.54, 1.807) is 24.3 Å². The lowest BCUT2D eigenvalue weighted by Crippen LogP contribution is -2.41. The number of carbonyl (C=O) groups is 1. The van der Waals surface area contributed by atoms with Gasteiger partial charge in [-0.25, -0.2) is 13.1 Å². The van der Waals surface area contributed by atoms with Gasteiger partial charge in [-0.05, 0) is 18.1 Å². The number of unbranched alkanes of at least 4 members (excludes halogenated alkanes) is 1. The number of halogens is 1. The summed E-state index contributed by atoms with van der Waals surface area (Å²) in [6, 6.07) is 5.49. The van der Waals surface area contributed by atoms with E-state index in [2.05, 4.69) is 4.72 Å². The topological polar surface area (TPSA) is 83.5 Å². The molecule has 0 saturated heterocycles. The maximum atomic E-state index is 12.0. The van der Waals surface area contributed by atoms with E-state index < -0.39 is 22.0 Å². The van der Waals surface area contributed by atoms with E-state index in [-0.39, 0.29) is 12.2 Å². The molecule has 1 aromatic rings. The summed E-state index contributed by atoms with van der Waals surface area (Å²) in [5, 5.41) is 9.38. The van der Waals surface area contributed by atoms with Crippen LogP contribution in [0, 0.1) is 0 Å². The zero-order valence-corrected chi connectivity index (χ0v) is 12.7. The quantitative estimate of drug-likeness (QED) is 0.770. The van der Waals surface area contributed by atoms with Gasteiger partial charge >= 0.3 is 5.97 Å². The highest BCUT2D eigenvalue weighted by Gasteiger charge is 2.24. The number of rotatable bonds is 8. The molecule has 0 aromatic heterocycles. The van der Waals surface area contributed by atoms with Gasteiger partial charge in [0.2, 0.25) is 10.0 Å². The first-order valence-corrected chi connectivity index (χ1v) is 8.35. The van der Waals surface area contributed by atoms with Gasteiger partial charge in [0.25, 0.3) is 0 Å². The number of carboxylic acids is 1. The molecule has 0 bridgehead atoms. The van der Waals surface area contributed by atoms with Crippen molar-refractivity contribution in [2.75, 3.05) is 0 Å². The summed E-state index contributed by atoms with van der Waals surface area (Å²) in [7, 11) is -3.75. The van der Waals surface area contributed by atoms with Crippen LogP contribution in [0.3, 0.4) is 0 Å². The van der Waals surface area contributed by atoms with Crippen LogP contribution in [-0.4, -0.2) is 25.5 Å². The molecule has 1 rings (SSSR count). The third-order valence-electron chi connectivity index (χ3n) is 2.77. The minimum Gasteiger partial charge on any atom is -0.480 e. The Morgan fingerprint density at radius 2 is 2.05 bits per heavy atom. The minimum atomic E-state index is -3.75. The second kappa shape index (κ2) is 7.61. The van der Waals surface area contributed by atoms with Crippen LogP contribution in [0.15, 0.2) is 24.3 Å². The van der Waals surface area contributed by atoms with Crippen molar-refractivity contribution in [1.82, 2.24) is 4.72 Å². The number of carboxylic acid groups (broad SMARTS) is 1. The van der Waals surface area contributed by atoms with Gasteiger partial charge in [-0.2, -0.15) is 0 Å². The summed E-state index contributed by atoms with van der Waals surface area (Å²) in [6.07, 6.45) is 1.72. The van der Waals surface area contributed by atoms with E-state index in [4.69, 9.17) is 16.7 Å². The lowest BCUT2D eigenvalue weighted by molar-refractivity contribution is -0.139. The third kappa shape index (κ3) is 5.48. The summed E-state index contributed by atoms with van der Waals surface area (Å²) >= 11 is 5.90. The van der Waals surface area contributed by atoms with E-state index in [0.717, 1.165) is 6.42 Å². The third-order valence-corrected chi connectivity index (χ3v) is 4.47. The smallest absolute Gasteiger partial charge is 0.321 e. The van der Waals surface area contributed by atoms with Crippen molar-refractivity contribution < 1.29 is 18.3 Å². The van der Waals surface area contributed by atoms with Gasteiger partial charge in [-0.3, -0.25) is 4.79 Å². The standard InChI is InChI=1S/C13H18ClNO4S/c1-2-3-8-12(13(16)17)15-20(18,19)9-10-6-4-5-7-11(10)14/h4-7,12,15H,2-3,8-9H2,1H3,(H,16,17). The van der Waals surface area contributed by atoms with Gasteiger partial charge in [0.1, 0.15) is 6.04 Å². The minimum absolute atomic E-state index is 0.271. The molecule has 1 aromatic carbocycles. The molecule has 0 heterocycles. The fraction of sp³-hybridized carbons (Fsp3) is 0.462. The summed E-state index contributed by atoms with van der Waals surface area (Å²) < 4.78 is 26.2. The fourth-order valence-electron chi connectivity index (χ4n) is 1.72. The first kappa shape index (κ1) is 16.9. The number of nitrogens with one attached hydrogen (secondary N) is 1. The molecule has 5 nitrogen and oxygen atoms in total. The van der Waals surface area contributed by atoms with Crippen molar-refractivity contribution in [3.8, 4) is 0 Å². The SMILES string of the molecule is CCCCC(NS(=O)(=O)Cc1ccccc1Cl)C(=O)O. The number of benzene rings is 1. The summed E-state index contributed by atoms with van der Waals surface area (Å²) in [5.74, 6) is -1.50. The van der Waals surface area contributed by atoms with Crippen molar-refractivity contribution in [3.63, 3.8) is 0 Å². The second-order valence-electron chi connectivity index (χ2n) is 4.50. The lowest BCUT2D eigenvalue weighted by atomic mass is 10.1. The molecular weight excluding hydrogens is 302 g/mol. The molecule has 0 radical (unpaired) electrons. The van der Waals surface area contributed by atoms with Crippen molar-refractivity contribution in [2.24, 2.45) is 0 Å². The predicted octanol–water partition coefficient (Wildman–Crippen LogP) is 2.40. The molecule has 0 aliphatic carbocycles. The Morgan fingerprint density at radius 3 is 2.60 bits per heavy atom. The average Bonchev–Trinajstić information content (AvgIpc) is 2.36. The number of hydrogen-bond donors (Lipinski definition) is 2. The van der Waals surface area contributed by atoms with Gasteiger partial charge in [-0.15, -0.1) is 0 Å². The Morgan fingerprint density at radius 1 is 1.40 bits per heavy atom. The monoisotopic (exact) mass is 319 g/mol. The van der Waals surface area contributed by atoms with E-state index in [1.165, 1.54) is 0 Å². The van der Waals surface area contributed by atoms with Gasteiger partial charge in [0, 0.05) is 5.02 Å². The first-order valence-electron chi connectivity index (χ1n) is 6.32. The Kier molecular flexibility index (Phi) is 6.45. The van der Waals surface area contributed by atoms with Gasteiger partial charge < -0.3 is 5.11 Å². The highest BCUT2D eigenvalue weighted by molar-refractivity contribution is 7.88. The normalized spacial score (nSPS) is 13.1. The van der Waals surface area contributed by atoms with E-state index in [9.17, 15) is 13.2 Å². The lowest BCUT2D eigenvalue weighted by Gasteiger charge is -2.14. The molecule has 0 amide bonds. The first-order chi connectivity index (χ1) is 9.35. The molecule has 1 unspecified atom stereocenters. The molecule has 0 fully saturated rings. The van der Waals surface area contributed by atoms with Crippen LogP contribution in [0.1, 0.15) is 31.7 Å². The van der Waals surface area contributed by atoms with Crippen LogP contribution in [-0.2, 0) is 20.6 Å². The Bertz CT molecular complexity index is 559. The zero-order chi connectivity index (χ0) is 15.2. The van der Waals surface area contributed by atoms with Crippen LogP contribution in [0.2, 0.25) is 5.02 Å². The fourth-order valence-corrected chi connectivity index (χ4v) is 3.40. The Labute approximate surface area is 124 Å². The van der Waals surface area contributed by atoms with Crippen LogP contribution < -0.4 is 4.72 Å². The molecule has 20 heavy (non-hydrogen) atoms. The molecule has 0 aliphatic heterocycles. The number of sulfonamides is 1. The Balaban J connectivity index is 2.78. The van der Waals surface area contributed by atoms with Crippen molar-refractivity contribution in [3.05, 3.63) is 34.9 Å². The second-order valence-corrected chi connectivity index (χ2v) is 6.66. The average molecular weight is 320 g/mol. The predicted molar refractivity (Wildman–Crippen MR) is 78.2 cm³/mol. The van der Waals surface area contributed by atoms with Crippen molar-refractivity contribution >= 4 is 27.6 Å². The largest absolute Gasteiger partial charge is 0.480 e. The highest BCUT2D eigenvalue weighted by Crippen LogP contribution is 2.17. The molecule has 112 valence electrons. The molecule has 0 saturated carbocycles. The van der Waals surface area contributed by atoms with Gasteiger partial charge in [0.05, 0.1) is 5.75 Å². The molecule has 7 heteroatoms.